The summed E-state index contributed by atoms with van der Waals surface area (Å²) in [5, 5.41) is 14.0. The van der Waals surface area contributed by atoms with E-state index in [1.807, 2.05) is 28.7 Å². The number of rotatable bonds is 2. The zero-order valence-corrected chi connectivity index (χ0v) is 27.7. The van der Waals surface area contributed by atoms with E-state index in [1.54, 1.807) is 0 Å². The average Bonchev–Trinajstić information content (AvgIpc) is 3.84. The fraction of sp³-hybridized carbons (Fsp3) is 0.0233. The second kappa shape index (κ2) is 10.3. The van der Waals surface area contributed by atoms with Gasteiger partial charge in [-0.1, -0.05) is 121 Å². The van der Waals surface area contributed by atoms with Crippen molar-refractivity contribution in [3.05, 3.63) is 157 Å². The first-order valence-electron chi connectivity index (χ1n) is 16.5. The summed E-state index contributed by atoms with van der Waals surface area (Å²) in [6.45, 7) is 0. The normalized spacial score (nSPS) is 15.1. The SMILES string of the molecule is c1ccc(C2=NC(c3ccc4ccccc4c3)NC(n3c4ccccc4c4c5sc6ccccc6c5c5sc6ccccc6c5c43)=N2)cc1. The van der Waals surface area contributed by atoms with Crippen molar-refractivity contribution in [1.29, 1.82) is 0 Å². The molecule has 7 aromatic carbocycles. The number of thiophene rings is 2. The van der Waals surface area contributed by atoms with Crippen LogP contribution in [0.3, 0.4) is 0 Å². The molecule has 1 atom stereocenters. The molecule has 10 aromatic rings. The Balaban J connectivity index is 1.27. The molecule has 11 rings (SSSR count). The van der Waals surface area contributed by atoms with Gasteiger partial charge in [-0.15, -0.1) is 22.7 Å². The molecule has 3 aromatic heterocycles. The highest BCUT2D eigenvalue weighted by atomic mass is 32.1. The van der Waals surface area contributed by atoms with Gasteiger partial charge in [0, 0.05) is 56.7 Å². The fourth-order valence-corrected chi connectivity index (χ4v) is 10.2. The van der Waals surface area contributed by atoms with Crippen LogP contribution >= 0.6 is 22.7 Å². The molecule has 49 heavy (non-hydrogen) atoms. The summed E-state index contributed by atoms with van der Waals surface area (Å²) in [5.74, 6) is 1.49. The van der Waals surface area contributed by atoms with Gasteiger partial charge in [0.05, 0.1) is 11.0 Å². The molecular weight excluding hydrogens is 637 g/mol. The van der Waals surface area contributed by atoms with Gasteiger partial charge >= 0.3 is 0 Å². The van der Waals surface area contributed by atoms with Gasteiger partial charge in [0.2, 0.25) is 5.96 Å². The van der Waals surface area contributed by atoms with E-state index in [2.05, 4.69) is 149 Å². The number of hydrogen-bond acceptors (Lipinski definition) is 5. The number of nitrogens with one attached hydrogen (secondary N) is 1. The van der Waals surface area contributed by atoms with Crippen molar-refractivity contribution in [3.63, 3.8) is 0 Å². The number of fused-ring (bicyclic) bond motifs is 13. The van der Waals surface area contributed by atoms with Crippen molar-refractivity contribution in [2.45, 2.75) is 6.17 Å². The summed E-state index contributed by atoms with van der Waals surface area (Å²) in [6, 6.07) is 52.0. The van der Waals surface area contributed by atoms with Gasteiger partial charge in [-0.05, 0) is 40.6 Å². The van der Waals surface area contributed by atoms with E-state index in [0.717, 1.165) is 22.6 Å². The smallest absolute Gasteiger partial charge is 0.211 e. The molecule has 6 heteroatoms. The van der Waals surface area contributed by atoms with E-state index in [-0.39, 0.29) is 6.17 Å². The lowest BCUT2D eigenvalue weighted by Gasteiger charge is -2.25. The summed E-state index contributed by atoms with van der Waals surface area (Å²) in [5.41, 5.74) is 4.40. The summed E-state index contributed by atoms with van der Waals surface area (Å²) in [7, 11) is 0. The minimum absolute atomic E-state index is 0.328. The van der Waals surface area contributed by atoms with E-state index >= 15 is 0 Å². The molecule has 1 aliphatic rings. The highest BCUT2D eigenvalue weighted by molar-refractivity contribution is 7.30. The van der Waals surface area contributed by atoms with Gasteiger partial charge in [-0.2, -0.15) is 4.99 Å². The maximum Gasteiger partial charge on any atom is 0.211 e. The Morgan fingerprint density at radius 3 is 1.94 bits per heavy atom. The van der Waals surface area contributed by atoms with Crippen LogP contribution in [0.4, 0.5) is 0 Å². The van der Waals surface area contributed by atoms with Crippen LogP contribution in [0.25, 0.3) is 72.9 Å². The molecule has 0 bridgehead atoms. The first-order valence-corrected chi connectivity index (χ1v) is 18.1. The monoisotopic (exact) mass is 662 g/mol. The highest BCUT2D eigenvalue weighted by Crippen LogP contribution is 2.51. The second-order valence-corrected chi connectivity index (χ2v) is 14.7. The van der Waals surface area contributed by atoms with Gasteiger partial charge < -0.3 is 5.32 Å². The molecule has 0 radical (unpaired) electrons. The third-order valence-corrected chi connectivity index (χ3v) is 12.2. The number of para-hydroxylation sites is 1. The maximum absolute atomic E-state index is 5.35. The molecular formula is C43H26N4S2. The Morgan fingerprint density at radius 2 is 1.16 bits per heavy atom. The molecule has 0 saturated carbocycles. The minimum Gasteiger partial charge on any atom is -0.330 e. The topological polar surface area (TPSA) is 41.7 Å². The Bertz CT molecular complexity index is 3000. The Labute approximate surface area is 288 Å². The Hall–Kier alpha value is -5.82. The summed E-state index contributed by atoms with van der Waals surface area (Å²) in [4.78, 5) is 10.6. The first-order chi connectivity index (χ1) is 24.3. The average molecular weight is 663 g/mol. The molecule has 1 N–H and O–H groups in total. The van der Waals surface area contributed by atoms with Crippen LogP contribution in [0.15, 0.2) is 156 Å². The number of aliphatic imine (C=N–C) groups is 2. The van der Waals surface area contributed by atoms with Crippen LogP contribution in [0.5, 0.6) is 0 Å². The van der Waals surface area contributed by atoms with E-state index < -0.39 is 0 Å². The largest absolute Gasteiger partial charge is 0.330 e. The summed E-state index contributed by atoms with van der Waals surface area (Å²) < 4.78 is 7.62. The number of amidine groups is 1. The van der Waals surface area contributed by atoms with Crippen LogP contribution in [-0.2, 0) is 0 Å². The van der Waals surface area contributed by atoms with Crippen molar-refractivity contribution in [2.24, 2.45) is 9.98 Å². The molecule has 230 valence electrons. The second-order valence-electron chi connectivity index (χ2n) is 12.6. The Kier molecular flexibility index (Phi) is 5.73. The van der Waals surface area contributed by atoms with Crippen molar-refractivity contribution >= 4 is 107 Å². The Morgan fingerprint density at radius 1 is 0.551 bits per heavy atom. The van der Waals surface area contributed by atoms with Crippen LogP contribution in [0, 0.1) is 0 Å². The molecule has 1 aliphatic heterocycles. The number of benzene rings is 7. The third-order valence-electron chi connectivity index (χ3n) is 9.82. The lowest BCUT2D eigenvalue weighted by atomic mass is 10.0. The first kappa shape index (κ1) is 27.2. The van der Waals surface area contributed by atoms with Crippen LogP contribution in [0.1, 0.15) is 17.3 Å². The number of hydrogen-bond donors (Lipinski definition) is 1. The van der Waals surface area contributed by atoms with E-state index in [9.17, 15) is 0 Å². The molecule has 1 unspecified atom stereocenters. The van der Waals surface area contributed by atoms with Crippen molar-refractivity contribution in [2.75, 3.05) is 0 Å². The zero-order chi connectivity index (χ0) is 32.1. The van der Waals surface area contributed by atoms with Crippen molar-refractivity contribution < 1.29 is 0 Å². The van der Waals surface area contributed by atoms with E-state index in [1.165, 1.54) is 67.4 Å². The zero-order valence-electron chi connectivity index (χ0n) is 26.1. The molecule has 0 saturated heterocycles. The number of nitrogens with zero attached hydrogens (tertiary/aromatic N) is 3. The predicted molar refractivity (Wildman–Crippen MR) is 211 cm³/mol. The lowest BCUT2D eigenvalue weighted by molar-refractivity contribution is 0.662. The van der Waals surface area contributed by atoms with Crippen LogP contribution in [0.2, 0.25) is 0 Å². The van der Waals surface area contributed by atoms with E-state index in [0.29, 0.717) is 5.84 Å². The summed E-state index contributed by atoms with van der Waals surface area (Å²) >= 11 is 3.79. The minimum atomic E-state index is -0.328. The molecule has 4 nitrogen and oxygen atoms in total. The van der Waals surface area contributed by atoms with Crippen molar-refractivity contribution in [1.82, 2.24) is 9.88 Å². The van der Waals surface area contributed by atoms with Gasteiger partial charge in [0.1, 0.15) is 6.17 Å². The standard InChI is InChI=1S/C43H26N4S2/c1-2-13-26(14-3-1)41-44-42(28-23-22-25-12-4-5-15-27(25)24-28)46-43(45-41)47-32-19-9-6-16-29(32)35-38(47)36-30-17-7-10-20-33(30)48-40(36)37-31-18-8-11-21-34(31)49-39(35)37/h1-24,42H,(H,44,45,46). The predicted octanol–water partition coefficient (Wildman–Crippen LogP) is 11.6. The molecule has 4 heterocycles. The van der Waals surface area contributed by atoms with E-state index in [4.69, 9.17) is 9.98 Å². The molecule has 0 fully saturated rings. The van der Waals surface area contributed by atoms with Gasteiger partial charge in [-0.25, -0.2) is 4.99 Å². The van der Waals surface area contributed by atoms with Crippen molar-refractivity contribution in [3.8, 4) is 0 Å². The maximum atomic E-state index is 5.35. The molecule has 0 amide bonds. The lowest BCUT2D eigenvalue weighted by Crippen LogP contribution is -2.37. The van der Waals surface area contributed by atoms with Gasteiger partial charge in [-0.3, -0.25) is 4.57 Å². The van der Waals surface area contributed by atoms with Gasteiger partial charge in [0.25, 0.3) is 0 Å². The highest BCUT2D eigenvalue weighted by Gasteiger charge is 2.28. The molecule has 0 spiro atoms. The quantitative estimate of drug-likeness (QED) is 0.197. The van der Waals surface area contributed by atoms with Gasteiger partial charge in [0.15, 0.2) is 5.84 Å². The number of aromatic nitrogens is 1. The van der Waals surface area contributed by atoms with Crippen LogP contribution in [-0.4, -0.2) is 16.4 Å². The summed E-state index contributed by atoms with van der Waals surface area (Å²) in [6.07, 6.45) is -0.328. The third kappa shape index (κ3) is 3.96. The fourth-order valence-electron chi connectivity index (χ4n) is 7.64. The molecule has 0 aliphatic carbocycles. The van der Waals surface area contributed by atoms with Crippen LogP contribution < -0.4 is 5.32 Å².